The van der Waals surface area contributed by atoms with Gasteiger partial charge in [-0.25, -0.2) is 4.98 Å². The van der Waals surface area contributed by atoms with Crippen LogP contribution in [0.25, 0.3) is 0 Å². The van der Waals surface area contributed by atoms with Gasteiger partial charge in [-0.2, -0.15) is 13.2 Å². The highest BCUT2D eigenvalue weighted by molar-refractivity contribution is 5.40. The maximum Gasteiger partial charge on any atom is 0.449 e. The fourth-order valence-electron chi connectivity index (χ4n) is 1.58. The molecular formula is C11H10F3N3. The molecule has 1 aromatic carbocycles. The highest BCUT2D eigenvalue weighted by atomic mass is 19.4. The fraction of sp³-hybridized carbons (Fsp3) is 0.182. The number of imidazole rings is 1. The van der Waals surface area contributed by atoms with Crippen molar-refractivity contribution < 1.29 is 13.2 Å². The number of aromatic nitrogens is 2. The van der Waals surface area contributed by atoms with E-state index in [1.807, 2.05) is 0 Å². The molecule has 3 nitrogen and oxygen atoms in total. The third kappa shape index (κ3) is 2.58. The van der Waals surface area contributed by atoms with Gasteiger partial charge in [0.15, 0.2) is 0 Å². The van der Waals surface area contributed by atoms with Gasteiger partial charge in [0.2, 0.25) is 5.82 Å². The van der Waals surface area contributed by atoms with Crippen LogP contribution in [0.3, 0.4) is 0 Å². The number of anilines is 1. The third-order valence-electron chi connectivity index (χ3n) is 2.27. The van der Waals surface area contributed by atoms with Crippen LogP contribution in [0.5, 0.6) is 0 Å². The van der Waals surface area contributed by atoms with Crippen molar-refractivity contribution in [1.29, 1.82) is 0 Å². The number of hydrogen-bond acceptors (Lipinski definition) is 2. The lowest BCUT2D eigenvalue weighted by Crippen LogP contribution is -2.15. The Morgan fingerprint density at radius 3 is 2.71 bits per heavy atom. The molecular weight excluding hydrogens is 231 g/mol. The molecule has 1 aromatic heterocycles. The van der Waals surface area contributed by atoms with E-state index in [0.29, 0.717) is 11.3 Å². The number of rotatable bonds is 2. The Hall–Kier alpha value is -1.98. The smallest absolute Gasteiger partial charge is 0.399 e. The van der Waals surface area contributed by atoms with Gasteiger partial charge in [0, 0.05) is 24.6 Å². The zero-order chi connectivity index (χ0) is 12.5. The topological polar surface area (TPSA) is 43.8 Å². The first-order valence-corrected chi connectivity index (χ1v) is 4.89. The molecule has 0 bridgehead atoms. The van der Waals surface area contributed by atoms with Crippen LogP contribution >= 0.6 is 0 Å². The molecule has 1 heterocycles. The van der Waals surface area contributed by atoms with Crippen LogP contribution in [0.15, 0.2) is 36.7 Å². The van der Waals surface area contributed by atoms with Crippen molar-refractivity contribution in [2.24, 2.45) is 0 Å². The van der Waals surface area contributed by atoms with Crippen molar-refractivity contribution >= 4 is 5.69 Å². The standard InChI is InChI=1S/C11H10F3N3/c12-11(13,14)10-16-4-5-17(10)7-8-2-1-3-9(15)6-8/h1-6H,7,15H2. The van der Waals surface area contributed by atoms with E-state index in [9.17, 15) is 13.2 Å². The van der Waals surface area contributed by atoms with Crippen molar-refractivity contribution in [3.63, 3.8) is 0 Å². The second kappa shape index (κ2) is 4.12. The van der Waals surface area contributed by atoms with E-state index < -0.39 is 12.0 Å². The van der Waals surface area contributed by atoms with Gasteiger partial charge < -0.3 is 10.3 Å². The first kappa shape index (κ1) is 11.5. The number of nitrogen functional groups attached to an aromatic ring is 1. The van der Waals surface area contributed by atoms with Gasteiger partial charge >= 0.3 is 6.18 Å². The monoisotopic (exact) mass is 241 g/mol. The van der Waals surface area contributed by atoms with E-state index in [0.717, 1.165) is 10.8 Å². The highest BCUT2D eigenvalue weighted by Crippen LogP contribution is 2.28. The van der Waals surface area contributed by atoms with Crippen LogP contribution in [0.2, 0.25) is 0 Å². The molecule has 17 heavy (non-hydrogen) atoms. The average molecular weight is 241 g/mol. The zero-order valence-corrected chi connectivity index (χ0v) is 8.78. The Kier molecular flexibility index (Phi) is 2.79. The summed E-state index contributed by atoms with van der Waals surface area (Å²) in [6.07, 6.45) is -2.01. The summed E-state index contributed by atoms with van der Waals surface area (Å²) in [4.78, 5) is 3.31. The van der Waals surface area contributed by atoms with Crippen LogP contribution in [0, 0.1) is 0 Å². The molecule has 2 rings (SSSR count). The summed E-state index contributed by atoms with van der Waals surface area (Å²) in [5.41, 5.74) is 6.79. The maximum atomic E-state index is 12.6. The lowest BCUT2D eigenvalue weighted by molar-refractivity contribution is -0.147. The molecule has 0 spiro atoms. The Morgan fingerprint density at radius 1 is 1.29 bits per heavy atom. The molecule has 2 N–H and O–H groups in total. The highest BCUT2D eigenvalue weighted by Gasteiger charge is 2.35. The van der Waals surface area contributed by atoms with Gasteiger partial charge in [0.05, 0.1) is 0 Å². The molecule has 0 saturated carbocycles. The maximum absolute atomic E-state index is 12.6. The summed E-state index contributed by atoms with van der Waals surface area (Å²) in [5, 5.41) is 0. The quantitative estimate of drug-likeness (QED) is 0.821. The Bertz CT molecular complexity index is 517. The number of alkyl halides is 3. The lowest BCUT2D eigenvalue weighted by Gasteiger charge is -2.10. The molecule has 0 amide bonds. The minimum Gasteiger partial charge on any atom is -0.399 e. The van der Waals surface area contributed by atoms with Gasteiger partial charge in [-0.15, -0.1) is 0 Å². The molecule has 0 unspecified atom stereocenters. The molecule has 0 atom stereocenters. The zero-order valence-electron chi connectivity index (χ0n) is 8.78. The lowest BCUT2D eigenvalue weighted by atomic mass is 10.2. The van der Waals surface area contributed by atoms with E-state index in [-0.39, 0.29) is 6.54 Å². The molecule has 0 radical (unpaired) electrons. The van der Waals surface area contributed by atoms with E-state index in [4.69, 9.17) is 5.73 Å². The van der Waals surface area contributed by atoms with E-state index in [2.05, 4.69) is 4.98 Å². The van der Waals surface area contributed by atoms with Gasteiger partial charge in [-0.1, -0.05) is 12.1 Å². The predicted molar refractivity (Wildman–Crippen MR) is 57.2 cm³/mol. The largest absolute Gasteiger partial charge is 0.449 e. The Balaban J connectivity index is 2.28. The first-order valence-electron chi connectivity index (χ1n) is 4.89. The molecule has 90 valence electrons. The second-order valence-corrected chi connectivity index (χ2v) is 3.62. The summed E-state index contributed by atoms with van der Waals surface area (Å²) in [6, 6.07) is 6.74. The third-order valence-corrected chi connectivity index (χ3v) is 2.27. The van der Waals surface area contributed by atoms with Crippen LogP contribution in [0.4, 0.5) is 18.9 Å². The molecule has 6 heteroatoms. The molecule has 0 saturated heterocycles. The van der Waals surface area contributed by atoms with Crippen LogP contribution in [0.1, 0.15) is 11.4 Å². The van der Waals surface area contributed by atoms with Crippen molar-refractivity contribution in [2.75, 3.05) is 5.73 Å². The average Bonchev–Trinajstić information content (AvgIpc) is 2.65. The molecule has 0 aliphatic heterocycles. The minimum atomic E-state index is -4.44. The van der Waals surface area contributed by atoms with Crippen LogP contribution in [-0.2, 0) is 12.7 Å². The summed E-state index contributed by atoms with van der Waals surface area (Å²) >= 11 is 0. The predicted octanol–water partition coefficient (Wildman–Crippen LogP) is 2.53. The first-order chi connectivity index (χ1) is 7.97. The van der Waals surface area contributed by atoms with E-state index in [1.165, 1.54) is 6.20 Å². The molecule has 0 aliphatic carbocycles. The van der Waals surface area contributed by atoms with Gasteiger partial charge in [0.1, 0.15) is 0 Å². The number of nitrogens with zero attached hydrogens (tertiary/aromatic N) is 2. The molecule has 2 aromatic rings. The van der Waals surface area contributed by atoms with Gasteiger partial charge in [-0.05, 0) is 17.7 Å². The van der Waals surface area contributed by atoms with E-state index in [1.54, 1.807) is 24.3 Å². The van der Waals surface area contributed by atoms with Crippen molar-refractivity contribution in [3.05, 3.63) is 48.0 Å². The van der Waals surface area contributed by atoms with Crippen LogP contribution in [-0.4, -0.2) is 9.55 Å². The summed E-state index contributed by atoms with van der Waals surface area (Å²) < 4.78 is 38.7. The number of benzene rings is 1. The summed E-state index contributed by atoms with van der Waals surface area (Å²) in [7, 11) is 0. The second-order valence-electron chi connectivity index (χ2n) is 3.62. The van der Waals surface area contributed by atoms with Crippen LogP contribution < -0.4 is 5.73 Å². The van der Waals surface area contributed by atoms with Crippen molar-refractivity contribution in [1.82, 2.24) is 9.55 Å². The Labute approximate surface area is 95.7 Å². The molecule has 0 fully saturated rings. The number of hydrogen-bond donors (Lipinski definition) is 1. The number of halogens is 3. The van der Waals surface area contributed by atoms with E-state index >= 15 is 0 Å². The Morgan fingerprint density at radius 2 is 2.06 bits per heavy atom. The summed E-state index contributed by atoms with van der Waals surface area (Å²) in [6.45, 7) is 0.0971. The normalized spacial score (nSPS) is 11.7. The van der Waals surface area contributed by atoms with Crippen molar-refractivity contribution in [2.45, 2.75) is 12.7 Å². The van der Waals surface area contributed by atoms with Gasteiger partial charge in [0.25, 0.3) is 0 Å². The fourth-order valence-corrected chi connectivity index (χ4v) is 1.58. The number of nitrogens with two attached hydrogens (primary N) is 1. The SMILES string of the molecule is Nc1cccc(Cn2ccnc2C(F)(F)F)c1. The molecule has 0 aliphatic rings. The van der Waals surface area contributed by atoms with Crippen molar-refractivity contribution in [3.8, 4) is 0 Å². The minimum absolute atomic E-state index is 0.0971. The van der Waals surface area contributed by atoms with Gasteiger partial charge in [-0.3, -0.25) is 0 Å². The summed E-state index contributed by atoms with van der Waals surface area (Å²) in [5.74, 6) is -0.903.